The van der Waals surface area contributed by atoms with E-state index in [2.05, 4.69) is 178 Å². The lowest BCUT2D eigenvalue weighted by atomic mass is 10.0. The first-order valence-corrected chi connectivity index (χ1v) is 15.7. The van der Waals surface area contributed by atoms with Gasteiger partial charge >= 0.3 is 0 Å². The van der Waals surface area contributed by atoms with Crippen LogP contribution in [0.2, 0.25) is 0 Å². The summed E-state index contributed by atoms with van der Waals surface area (Å²) in [6.45, 7) is 0. The van der Waals surface area contributed by atoms with Crippen LogP contribution in [0.3, 0.4) is 0 Å². The third-order valence-electron chi connectivity index (χ3n) is 9.17. The van der Waals surface area contributed by atoms with Crippen LogP contribution in [0.25, 0.3) is 50.2 Å². The van der Waals surface area contributed by atoms with E-state index in [1.54, 1.807) is 0 Å². The summed E-state index contributed by atoms with van der Waals surface area (Å²) >= 11 is 0. The standard InChI is InChI=1S/C42H31N3/c1-2-12-30(13-3-1)43(31-22-26-33(27-23-31)44-39-18-8-4-14-35(39)36-15-5-9-19-40(36)44)32-24-28-34(29-25-32)45-41-20-10-6-16-37(41)38-17-7-11-21-42(38)45/h1-10,12-20,22-29H,11,21H2. The first-order chi connectivity index (χ1) is 22.3. The summed E-state index contributed by atoms with van der Waals surface area (Å²) in [6, 6.07) is 54.7. The molecule has 0 saturated heterocycles. The van der Waals surface area contributed by atoms with E-state index in [4.69, 9.17) is 0 Å². The Balaban J connectivity index is 1.14. The van der Waals surface area contributed by atoms with Gasteiger partial charge in [-0.05, 0) is 91.7 Å². The molecule has 2 aromatic heterocycles. The molecule has 6 aromatic carbocycles. The highest BCUT2D eigenvalue weighted by molar-refractivity contribution is 6.09. The molecule has 3 heteroatoms. The van der Waals surface area contributed by atoms with Gasteiger partial charge in [0.25, 0.3) is 0 Å². The van der Waals surface area contributed by atoms with Gasteiger partial charge in [0.2, 0.25) is 0 Å². The molecule has 8 aromatic rings. The highest BCUT2D eigenvalue weighted by Gasteiger charge is 2.19. The molecular weight excluding hydrogens is 546 g/mol. The molecular formula is C42H31N3. The number of benzene rings is 6. The topological polar surface area (TPSA) is 13.1 Å². The molecule has 0 saturated carbocycles. The quantitative estimate of drug-likeness (QED) is 0.198. The Hall–Kier alpha value is -5.80. The Morgan fingerprint density at radius 1 is 0.422 bits per heavy atom. The van der Waals surface area contributed by atoms with Crippen molar-refractivity contribution in [2.24, 2.45) is 0 Å². The third kappa shape index (κ3) is 4.12. The minimum absolute atomic E-state index is 1.05. The minimum atomic E-state index is 1.05. The number of nitrogens with zero attached hydrogens (tertiary/aromatic N) is 3. The average Bonchev–Trinajstić information content (AvgIpc) is 3.63. The lowest BCUT2D eigenvalue weighted by Crippen LogP contribution is -2.10. The Labute approximate surface area is 262 Å². The van der Waals surface area contributed by atoms with E-state index >= 15 is 0 Å². The van der Waals surface area contributed by atoms with Crippen LogP contribution in [-0.4, -0.2) is 9.13 Å². The fourth-order valence-corrected chi connectivity index (χ4v) is 7.19. The van der Waals surface area contributed by atoms with Gasteiger partial charge in [0.1, 0.15) is 0 Å². The first-order valence-electron chi connectivity index (χ1n) is 15.7. The number of rotatable bonds is 5. The maximum absolute atomic E-state index is 2.45. The number of anilines is 3. The second-order valence-electron chi connectivity index (χ2n) is 11.7. The fraction of sp³-hybridized carbons (Fsp3) is 0.0476. The van der Waals surface area contributed by atoms with E-state index in [0.717, 1.165) is 35.6 Å². The van der Waals surface area contributed by atoms with E-state index in [0.29, 0.717) is 0 Å². The Bertz CT molecular complexity index is 2300. The van der Waals surface area contributed by atoms with Gasteiger partial charge in [0, 0.05) is 55.9 Å². The third-order valence-corrected chi connectivity index (χ3v) is 9.17. The van der Waals surface area contributed by atoms with Crippen molar-refractivity contribution in [1.82, 2.24) is 9.13 Å². The molecule has 0 atom stereocenters. The van der Waals surface area contributed by atoms with Gasteiger partial charge in [0.15, 0.2) is 0 Å². The largest absolute Gasteiger partial charge is 0.313 e. The molecule has 0 unspecified atom stereocenters. The van der Waals surface area contributed by atoms with E-state index in [-0.39, 0.29) is 0 Å². The predicted octanol–water partition coefficient (Wildman–Crippen LogP) is 11.2. The molecule has 0 N–H and O–H groups in total. The molecule has 45 heavy (non-hydrogen) atoms. The minimum Gasteiger partial charge on any atom is -0.313 e. The molecule has 0 aliphatic heterocycles. The van der Waals surface area contributed by atoms with Crippen molar-refractivity contribution in [3.8, 4) is 11.4 Å². The highest BCUT2D eigenvalue weighted by atomic mass is 15.1. The smallest absolute Gasteiger partial charge is 0.0541 e. The number of hydrogen-bond acceptors (Lipinski definition) is 1. The van der Waals surface area contributed by atoms with Crippen molar-refractivity contribution < 1.29 is 0 Å². The van der Waals surface area contributed by atoms with E-state index in [1.165, 1.54) is 49.7 Å². The van der Waals surface area contributed by atoms with Crippen LogP contribution in [0.5, 0.6) is 0 Å². The van der Waals surface area contributed by atoms with Gasteiger partial charge in [-0.15, -0.1) is 0 Å². The summed E-state index contributed by atoms with van der Waals surface area (Å²) in [5, 5.41) is 3.87. The zero-order valence-corrected chi connectivity index (χ0v) is 24.8. The summed E-state index contributed by atoms with van der Waals surface area (Å²) in [6.07, 6.45) is 6.73. The first kappa shape index (κ1) is 25.7. The number of allylic oxidation sites excluding steroid dienone is 1. The molecule has 214 valence electrons. The van der Waals surface area contributed by atoms with Crippen LogP contribution in [-0.2, 0) is 6.42 Å². The van der Waals surface area contributed by atoms with Crippen molar-refractivity contribution in [3.05, 3.63) is 169 Å². The zero-order valence-electron chi connectivity index (χ0n) is 24.8. The van der Waals surface area contributed by atoms with Gasteiger partial charge in [-0.25, -0.2) is 0 Å². The number of hydrogen-bond donors (Lipinski definition) is 0. The van der Waals surface area contributed by atoms with Crippen LogP contribution in [0.4, 0.5) is 17.1 Å². The summed E-state index contributed by atoms with van der Waals surface area (Å²) < 4.78 is 4.82. The Morgan fingerprint density at radius 3 is 1.49 bits per heavy atom. The Morgan fingerprint density at radius 2 is 0.889 bits per heavy atom. The van der Waals surface area contributed by atoms with Crippen molar-refractivity contribution in [1.29, 1.82) is 0 Å². The average molecular weight is 578 g/mol. The molecule has 0 fully saturated rings. The van der Waals surface area contributed by atoms with Gasteiger partial charge < -0.3 is 14.0 Å². The number of fused-ring (bicyclic) bond motifs is 6. The molecule has 3 nitrogen and oxygen atoms in total. The predicted molar refractivity (Wildman–Crippen MR) is 190 cm³/mol. The molecule has 1 aliphatic rings. The SMILES string of the molecule is C1=Cc2c(n(-c3ccc(N(c4ccccc4)c4ccc(-n5c6ccccc6c6ccccc65)cc4)cc3)c3ccccc23)CC1. The van der Waals surface area contributed by atoms with Crippen LogP contribution in [0, 0.1) is 0 Å². The molecule has 9 rings (SSSR count). The van der Waals surface area contributed by atoms with Gasteiger partial charge in [-0.1, -0.05) is 84.9 Å². The van der Waals surface area contributed by atoms with Gasteiger partial charge in [-0.2, -0.15) is 0 Å². The second kappa shape index (κ2) is 10.4. The van der Waals surface area contributed by atoms with Gasteiger partial charge in [-0.3, -0.25) is 0 Å². The maximum Gasteiger partial charge on any atom is 0.0541 e. The van der Waals surface area contributed by atoms with Gasteiger partial charge in [0.05, 0.1) is 16.6 Å². The van der Waals surface area contributed by atoms with E-state index in [1.807, 2.05) is 0 Å². The summed E-state index contributed by atoms with van der Waals surface area (Å²) in [4.78, 5) is 2.34. The fourth-order valence-electron chi connectivity index (χ4n) is 7.19. The van der Waals surface area contributed by atoms with E-state index in [9.17, 15) is 0 Å². The normalized spacial score (nSPS) is 12.6. The van der Waals surface area contributed by atoms with Crippen LogP contribution >= 0.6 is 0 Å². The van der Waals surface area contributed by atoms with Crippen molar-refractivity contribution in [3.63, 3.8) is 0 Å². The lowest BCUT2D eigenvalue weighted by Gasteiger charge is -2.26. The monoisotopic (exact) mass is 577 g/mol. The Kier molecular flexibility index (Phi) is 5.95. The van der Waals surface area contributed by atoms with Crippen molar-refractivity contribution in [2.45, 2.75) is 12.8 Å². The molecule has 0 bridgehead atoms. The van der Waals surface area contributed by atoms with Crippen LogP contribution < -0.4 is 4.90 Å². The highest BCUT2D eigenvalue weighted by Crippen LogP contribution is 2.38. The maximum atomic E-state index is 2.45. The summed E-state index contributed by atoms with van der Waals surface area (Å²) in [5.74, 6) is 0. The summed E-state index contributed by atoms with van der Waals surface area (Å²) in [5.41, 5.74) is 12.2. The summed E-state index contributed by atoms with van der Waals surface area (Å²) in [7, 11) is 0. The molecule has 0 spiro atoms. The lowest BCUT2D eigenvalue weighted by molar-refractivity contribution is 0.888. The van der Waals surface area contributed by atoms with Crippen LogP contribution in [0.1, 0.15) is 17.7 Å². The second-order valence-corrected chi connectivity index (χ2v) is 11.7. The van der Waals surface area contributed by atoms with Crippen molar-refractivity contribution in [2.75, 3.05) is 4.90 Å². The molecule has 0 radical (unpaired) electrons. The van der Waals surface area contributed by atoms with Crippen molar-refractivity contribution >= 4 is 55.8 Å². The van der Waals surface area contributed by atoms with E-state index < -0.39 is 0 Å². The zero-order chi connectivity index (χ0) is 29.7. The molecule has 1 aliphatic carbocycles. The molecule has 2 heterocycles. The van der Waals surface area contributed by atoms with Crippen LogP contribution in [0.15, 0.2) is 158 Å². The number of para-hydroxylation sites is 4. The molecule has 0 amide bonds. The number of aromatic nitrogens is 2.